The van der Waals surface area contributed by atoms with Gasteiger partial charge in [0.1, 0.15) is 0 Å². The molecule has 7 heteroatoms. The van der Waals surface area contributed by atoms with E-state index in [1.165, 1.54) is 24.0 Å². The van der Waals surface area contributed by atoms with Crippen LogP contribution in [-0.2, 0) is 14.8 Å². The molecule has 0 aliphatic heterocycles. The molecule has 0 atom stereocenters. The molecule has 0 unspecified atom stereocenters. The van der Waals surface area contributed by atoms with Crippen molar-refractivity contribution in [3.8, 4) is 0 Å². The van der Waals surface area contributed by atoms with Crippen molar-refractivity contribution in [2.45, 2.75) is 18.7 Å². The van der Waals surface area contributed by atoms with Crippen molar-refractivity contribution in [1.82, 2.24) is 0 Å². The average Bonchev–Trinajstić information content (AvgIpc) is 2.51. The number of sulfonamides is 1. The maximum absolute atomic E-state index is 12.4. The molecule has 0 aliphatic rings. The first-order chi connectivity index (χ1) is 10.7. The first-order valence-corrected chi connectivity index (χ1v) is 8.71. The van der Waals surface area contributed by atoms with Crippen molar-refractivity contribution in [1.29, 1.82) is 0 Å². The number of rotatable bonds is 4. The minimum Gasteiger partial charge on any atom is -0.316 e. The second-order valence-corrected chi connectivity index (χ2v) is 7.18. The Bertz CT molecular complexity index is 833. The smallest absolute Gasteiger partial charge is 0.261 e. The standard InChI is InChI=1S/C16H17ClN2O3S/c1-11-15(17)5-4-6-16(11)18-23(21,22)14-9-7-13(8-10-14)19(3)12(2)20/h4-10,18H,1-3H3. The minimum absolute atomic E-state index is 0.109. The first-order valence-electron chi connectivity index (χ1n) is 6.84. The van der Waals surface area contributed by atoms with E-state index in [9.17, 15) is 13.2 Å². The van der Waals surface area contributed by atoms with E-state index >= 15 is 0 Å². The Morgan fingerprint density at radius 3 is 2.30 bits per heavy atom. The summed E-state index contributed by atoms with van der Waals surface area (Å²) in [6.45, 7) is 3.18. The quantitative estimate of drug-likeness (QED) is 0.916. The van der Waals surface area contributed by atoms with Gasteiger partial charge in [-0.2, -0.15) is 0 Å². The van der Waals surface area contributed by atoms with E-state index in [-0.39, 0.29) is 10.8 Å². The molecule has 0 aromatic heterocycles. The van der Waals surface area contributed by atoms with Crippen LogP contribution < -0.4 is 9.62 Å². The van der Waals surface area contributed by atoms with Gasteiger partial charge in [-0.1, -0.05) is 17.7 Å². The van der Waals surface area contributed by atoms with Gasteiger partial charge in [0.05, 0.1) is 10.6 Å². The van der Waals surface area contributed by atoms with Crippen LogP contribution in [0.1, 0.15) is 12.5 Å². The molecule has 5 nitrogen and oxygen atoms in total. The molecular weight excluding hydrogens is 336 g/mol. The zero-order valence-electron chi connectivity index (χ0n) is 13.0. The van der Waals surface area contributed by atoms with E-state index in [1.807, 2.05) is 0 Å². The summed E-state index contributed by atoms with van der Waals surface area (Å²) in [6, 6.07) is 11.1. The van der Waals surface area contributed by atoms with Gasteiger partial charge in [0.2, 0.25) is 5.91 Å². The van der Waals surface area contributed by atoms with Gasteiger partial charge in [0.15, 0.2) is 0 Å². The minimum atomic E-state index is -3.73. The fourth-order valence-electron chi connectivity index (χ4n) is 1.95. The molecule has 2 aromatic carbocycles. The van der Waals surface area contributed by atoms with E-state index < -0.39 is 10.0 Å². The van der Waals surface area contributed by atoms with Gasteiger partial charge in [-0.15, -0.1) is 0 Å². The van der Waals surface area contributed by atoms with E-state index in [1.54, 1.807) is 44.3 Å². The Morgan fingerprint density at radius 1 is 1.13 bits per heavy atom. The van der Waals surface area contributed by atoms with Crippen LogP contribution in [0.15, 0.2) is 47.4 Å². The molecule has 2 rings (SSSR count). The molecule has 0 fully saturated rings. The van der Waals surface area contributed by atoms with Crippen molar-refractivity contribution in [3.63, 3.8) is 0 Å². The number of nitrogens with one attached hydrogen (secondary N) is 1. The second kappa shape index (κ2) is 6.60. The van der Waals surface area contributed by atoms with E-state index in [0.717, 1.165) is 0 Å². The van der Waals surface area contributed by atoms with Crippen LogP contribution in [-0.4, -0.2) is 21.4 Å². The predicted molar refractivity (Wildman–Crippen MR) is 92.5 cm³/mol. The highest BCUT2D eigenvalue weighted by atomic mass is 35.5. The Labute approximate surface area is 140 Å². The van der Waals surface area contributed by atoms with E-state index in [2.05, 4.69) is 4.72 Å². The lowest BCUT2D eigenvalue weighted by atomic mass is 10.2. The maximum atomic E-state index is 12.4. The van der Waals surface area contributed by atoms with Crippen LogP contribution in [0.2, 0.25) is 5.02 Å². The Kier molecular flexibility index (Phi) is 4.97. The zero-order valence-corrected chi connectivity index (χ0v) is 14.6. The normalized spacial score (nSPS) is 11.1. The van der Waals surface area contributed by atoms with Gasteiger partial charge >= 0.3 is 0 Å². The van der Waals surface area contributed by atoms with Crippen molar-refractivity contribution < 1.29 is 13.2 Å². The lowest BCUT2D eigenvalue weighted by molar-refractivity contribution is -0.116. The van der Waals surface area contributed by atoms with Gasteiger partial charge in [-0.3, -0.25) is 9.52 Å². The van der Waals surface area contributed by atoms with Crippen molar-refractivity contribution >= 4 is 38.9 Å². The second-order valence-electron chi connectivity index (χ2n) is 5.09. The van der Waals surface area contributed by atoms with E-state index in [0.29, 0.717) is 22.0 Å². The highest BCUT2D eigenvalue weighted by Crippen LogP contribution is 2.26. The fourth-order valence-corrected chi connectivity index (χ4v) is 3.25. The summed E-state index contributed by atoms with van der Waals surface area (Å²) in [5, 5.41) is 0.489. The largest absolute Gasteiger partial charge is 0.316 e. The number of benzene rings is 2. The zero-order chi connectivity index (χ0) is 17.2. The summed E-state index contributed by atoms with van der Waals surface area (Å²) >= 11 is 6.00. The molecule has 0 saturated heterocycles. The van der Waals surface area contributed by atoms with Gasteiger partial charge in [0, 0.05) is 24.7 Å². The topological polar surface area (TPSA) is 66.5 Å². The summed E-state index contributed by atoms with van der Waals surface area (Å²) in [5.41, 5.74) is 1.71. The summed E-state index contributed by atoms with van der Waals surface area (Å²) in [6.07, 6.45) is 0. The number of nitrogens with zero attached hydrogens (tertiary/aromatic N) is 1. The molecule has 0 spiro atoms. The van der Waals surface area contributed by atoms with Crippen LogP contribution in [0.25, 0.3) is 0 Å². The van der Waals surface area contributed by atoms with Gasteiger partial charge in [0.25, 0.3) is 10.0 Å². The summed E-state index contributed by atoms with van der Waals surface area (Å²) in [7, 11) is -2.10. The molecule has 1 N–H and O–H groups in total. The predicted octanol–water partition coefficient (Wildman–Crippen LogP) is 3.43. The summed E-state index contributed by atoms with van der Waals surface area (Å²) in [5.74, 6) is -0.131. The third kappa shape index (κ3) is 3.83. The molecular formula is C16H17ClN2O3S. The highest BCUT2D eigenvalue weighted by molar-refractivity contribution is 7.92. The molecule has 0 saturated carbocycles. The van der Waals surface area contributed by atoms with E-state index in [4.69, 9.17) is 11.6 Å². The Balaban J connectivity index is 2.30. The van der Waals surface area contributed by atoms with Crippen molar-refractivity contribution in [2.24, 2.45) is 0 Å². The maximum Gasteiger partial charge on any atom is 0.261 e. The number of carbonyl (C=O) groups is 1. The molecule has 0 heterocycles. The molecule has 2 aromatic rings. The van der Waals surface area contributed by atoms with Crippen LogP contribution in [0.5, 0.6) is 0 Å². The summed E-state index contributed by atoms with van der Waals surface area (Å²) in [4.78, 5) is 12.9. The SMILES string of the molecule is CC(=O)N(C)c1ccc(S(=O)(=O)Nc2cccc(Cl)c2C)cc1. The average molecular weight is 353 g/mol. The van der Waals surface area contributed by atoms with Crippen LogP contribution in [0, 0.1) is 6.92 Å². The Hall–Kier alpha value is -2.05. The molecule has 0 radical (unpaired) electrons. The molecule has 0 aliphatic carbocycles. The van der Waals surface area contributed by atoms with Gasteiger partial charge < -0.3 is 4.90 Å². The lowest BCUT2D eigenvalue weighted by Gasteiger charge is -2.16. The third-order valence-electron chi connectivity index (χ3n) is 3.52. The fraction of sp³-hybridized carbons (Fsp3) is 0.188. The lowest BCUT2D eigenvalue weighted by Crippen LogP contribution is -2.22. The number of halogens is 1. The van der Waals surface area contributed by atoms with Crippen molar-refractivity contribution in [3.05, 3.63) is 53.1 Å². The summed E-state index contributed by atoms with van der Waals surface area (Å²) < 4.78 is 27.4. The van der Waals surface area contributed by atoms with Crippen molar-refractivity contribution in [2.75, 3.05) is 16.7 Å². The molecule has 1 amide bonds. The number of hydrogen-bond acceptors (Lipinski definition) is 3. The number of carbonyl (C=O) groups excluding carboxylic acids is 1. The van der Waals surface area contributed by atoms with Crippen LogP contribution in [0.3, 0.4) is 0 Å². The van der Waals surface area contributed by atoms with Gasteiger partial charge in [-0.05, 0) is 48.9 Å². The molecule has 122 valence electrons. The number of hydrogen-bond donors (Lipinski definition) is 1. The molecule has 23 heavy (non-hydrogen) atoms. The number of amides is 1. The third-order valence-corrected chi connectivity index (χ3v) is 5.31. The monoisotopic (exact) mass is 352 g/mol. The number of anilines is 2. The highest BCUT2D eigenvalue weighted by Gasteiger charge is 2.16. The first kappa shape index (κ1) is 17.3. The Morgan fingerprint density at radius 2 is 1.74 bits per heavy atom. The van der Waals surface area contributed by atoms with Crippen LogP contribution >= 0.6 is 11.6 Å². The van der Waals surface area contributed by atoms with Crippen LogP contribution in [0.4, 0.5) is 11.4 Å². The van der Waals surface area contributed by atoms with Gasteiger partial charge in [-0.25, -0.2) is 8.42 Å². The molecule has 0 bridgehead atoms.